The number of nitrogens with one attached hydrogen (secondary N) is 3. The first-order valence-corrected chi connectivity index (χ1v) is 12.2. The van der Waals surface area contributed by atoms with E-state index in [2.05, 4.69) is 15.0 Å². The van der Waals surface area contributed by atoms with Gasteiger partial charge in [0, 0.05) is 17.3 Å². The maximum atomic E-state index is 13.0. The summed E-state index contributed by atoms with van der Waals surface area (Å²) in [5.74, 6) is -0.357. The first-order chi connectivity index (χ1) is 15.4. The van der Waals surface area contributed by atoms with Gasteiger partial charge in [0.2, 0.25) is 0 Å². The van der Waals surface area contributed by atoms with E-state index in [1.807, 2.05) is 0 Å². The Bertz CT molecular complexity index is 1290. The van der Waals surface area contributed by atoms with E-state index in [-0.39, 0.29) is 23.0 Å². The highest BCUT2D eigenvalue weighted by atomic mass is 35.5. The van der Waals surface area contributed by atoms with Gasteiger partial charge in [0.05, 0.1) is 39.9 Å². The monoisotopic (exact) mass is 475 g/mol. The van der Waals surface area contributed by atoms with Gasteiger partial charge >= 0.3 is 0 Å². The predicted octanol–water partition coefficient (Wildman–Crippen LogP) is 3.90. The molecule has 5 rings (SSSR count). The van der Waals surface area contributed by atoms with E-state index in [1.165, 1.54) is 12.1 Å². The number of aromatic nitrogens is 1. The van der Waals surface area contributed by atoms with Gasteiger partial charge in [-0.3, -0.25) is 9.52 Å². The molecule has 1 amide bonds. The van der Waals surface area contributed by atoms with Crippen molar-refractivity contribution in [2.45, 2.75) is 35.9 Å². The van der Waals surface area contributed by atoms with Crippen molar-refractivity contribution in [3.05, 3.63) is 53.7 Å². The summed E-state index contributed by atoms with van der Waals surface area (Å²) in [5, 5.41) is 3.96. The molecule has 1 aromatic heterocycles. The van der Waals surface area contributed by atoms with Gasteiger partial charge in [-0.1, -0.05) is 29.8 Å². The molecule has 8 nitrogen and oxygen atoms in total. The molecule has 3 N–H and O–H groups in total. The largest absolute Gasteiger partial charge is 0.375 e. The molecule has 3 aromatic rings. The number of anilines is 2. The fourth-order valence-corrected chi connectivity index (χ4v) is 5.39. The number of benzene rings is 2. The molecule has 2 aliphatic rings. The summed E-state index contributed by atoms with van der Waals surface area (Å²) in [6.07, 6.45) is 3.71. The molecule has 1 spiro atoms. The van der Waals surface area contributed by atoms with E-state index in [4.69, 9.17) is 21.1 Å². The van der Waals surface area contributed by atoms with Crippen LogP contribution < -0.4 is 10.0 Å². The predicted molar refractivity (Wildman–Crippen MR) is 121 cm³/mol. The summed E-state index contributed by atoms with van der Waals surface area (Å²) in [5.41, 5.74) is 0.972. The first-order valence-electron chi connectivity index (χ1n) is 10.3. The van der Waals surface area contributed by atoms with Crippen LogP contribution in [0.5, 0.6) is 0 Å². The number of rotatable bonds is 5. The highest BCUT2D eigenvalue weighted by Crippen LogP contribution is 2.39. The molecule has 0 bridgehead atoms. The number of ether oxygens (including phenoxy) is 2. The number of sulfonamides is 1. The summed E-state index contributed by atoms with van der Waals surface area (Å²) >= 11 is 6.13. The molecule has 10 heteroatoms. The number of aromatic amines is 1. The molecule has 1 saturated heterocycles. The lowest BCUT2D eigenvalue weighted by atomic mass is 9.80. The molecule has 1 aliphatic heterocycles. The molecule has 32 heavy (non-hydrogen) atoms. The summed E-state index contributed by atoms with van der Waals surface area (Å²) in [6, 6.07) is 11.2. The Morgan fingerprint density at radius 1 is 1.19 bits per heavy atom. The minimum atomic E-state index is -3.91. The summed E-state index contributed by atoms with van der Waals surface area (Å²) < 4.78 is 40.2. The van der Waals surface area contributed by atoms with E-state index in [0.717, 1.165) is 19.3 Å². The van der Waals surface area contributed by atoms with E-state index in [0.29, 0.717) is 33.9 Å². The Balaban J connectivity index is 1.33. The van der Waals surface area contributed by atoms with Crippen LogP contribution in [0.4, 0.5) is 11.4 Å². The summed E-state index contributed by atoms with van der Waals surface area (Å²) in [4.78, 5) is 15.7. The van der Waals surface area contributed by atoms with E-state index < -0.39 is 16.1 Å². The molecule has 1 aliphatic carbocycles. The zero-order chi connectivity index (χ0) is 22.3. The fourth-order valence-electron chi connectivity index (χ4n) is 4.06. The standard InChI is InChI=1S/C22H22ClN3O5S/c23-17-11-24-20-16(17)6-2-7-18(20)26-32(28,29)15-5-1-4-14(10-15)25-21(27)19-12-30-13-22(31-19)8-3-9-22/h1-2,4-7,10-11,19,24,26H,3,8-9,12-13H2,(H,25,27). The van der Waals surface area contributed by atoms with Gasteiger partial charge in [-0.2, -0.15) is 0 Å². The molecule has 0 radical (unpaired) electrons. The third-order valence-corrected chi connectivity index (χ3v) is 7.58. The van der Waals surface area contributed by atoms with E-state index in [9.17, 15) is 13.2 Å². The molecule has 2 heterocycles. The van der Waals surface area contributed by atoms with E-state index in [1.54, 1.807) is 36.5 Å². The molecule has 2 aromatic carbocycles. The number of H-pyrrole nitrogens is 1. The zero-order valence-electron chi connectivity index (χ0n) is 17.1. The van der Waals surface area contributed by atoms with Crippen LogP contribution in [-0.4, -0.2) is 44.2 Å². The number of para-hydroxylation sites is 1. The second-order valence-corrected chi connectivity index (χ2v) is 10.2. The lowest BCUT2D eigenvalue weighted by molar-refractivity contribution is -0.224. The lowest BCUT2D eigenvalue weighted by Gasteiger charge is -2.46. The van der Waals surface area contributed by atoms with E-state index >= 15 is 0 Å². The first kappa shape index (κ1) is 21.3. The Kier molecular flexibility index (Phi) is 5.37. The van der Waals surface area contributed by atoms with Crippen LogP contribution in [0.2, 0.25) is 5.02 Å². The maximum absolute atomic E-state index is 13.0. The number of amides is 1. The highest BCUT2D eigenvalue weighted by molar-refractivity contribution is 7.92. The second-order valence-electron chi connectivity index (χ2n) is 8.15. The zero-order valence-corrected chi connectivity index (χ0v) is 18.6. The Labute approximate surface area is 190 Å². The second kappa shape index (κ2) is 8.08. The number of halogens is 1. The number of carbonyl (C=O) groups is 1. The molecule has 2 fully saturated rings. The van der Waals surface area contributed by atoms with Gasteiger partial charge in [-0.25, -0.2) is 8.42 Å². The highest BCUT2D eigenvalue weighted by Gasteiger charge is 2.45. The number of carbonyl (C=O) groups excluding carboxylic acids is 1. The Morgan fingerprint density at radius 2 is 2.00 bits per heavy atom. The normalized spacial score (nSPS) is 20.1. The smallest absolute Gasteiger partial charge is 0.262 e. The maximum Gasteiger partial charge on any atom is 0.262 e. The van der Waals surface area contributed by atoms with Crippen LogP contribution in [0.25, 0.3) is 10.9 Å². The Hall–Kier alpha value is -2.59. The van der Waals surface area contributed by atoms with Crippen LogP contribution in [-0.2, 0) is 24.3 Å². The van der Waals surface area contributed by atoms with Crippen LogP contribution >= 0.6 is 11.6 Å². The van der Waals surface area contributed by atoms with Crippen LogP contribution in [0, 0.1) is 0 Å². The van der Waals surface area contributed by atoms with Gasteiger partial charge in [-0.05, 0) is 43.5 Å². The molecule has 1 saturated carbocycles. The molecule has 1 atom stereocenters. The minimum absolute atomic E-state index is 0.0150. The average Bonchev–Trinajstić information content (AvgIpc) is 3.15. The number of hydrogen-bond acceptors (Lipinski definition) is 5. The van der Waals surface area contributed by atoms with Gasteiger partial charge in [0.15, 0.2) is 6.10 Å². The van der Waals surface area contributed by atoms with Crippen LogP contribution in [0.3, 0.4) is 0 Å². The third kappa shape index (κ3) is 3.97. The fraction of sp³-hybridized carbons (Fsp3) is 0.318. The van der Waals surface area contributed by atoms with Crippen molar-refractivity contribution in [2.24, 2.45) is 0 Å². The quantitative estimate of drug-likeness (QED) is 0.518. The SMILES string of the molecule is O=C(Nc1cccc(S(=O)(=O)Nc2cccc3c(Cl)c[nH]c23)c1)C1COCC2(CCC2)O1. The molecule has 168 valence electrons. The third-order valence-electron chi connectivity index (χ3n) is 5.91. The summed E-state index contributed by atoms with van der Waals surface area (Å²) in [6.45, 7) is 0.685. The van der Waals surface area contributed by atoms with Crippen molar-refractivity contribution in [3.63, 3.8) is 0 Å². The summed E-state index contributed by atoms with van der Waals surface area (Å²) in [7, 11) is -3.91. The van der Waals surface area contributed by atoms with Gasteiger partial charge < -0.3 is 19.8 Å². The molecule has 1 unspecified atom stereocenters. The van der Waals surface area contributed by atoms with Crippen molar-refractivity contribution < 1.29 is 22.7 Å². The minimum Gasteiger partial charge on any atom is -0.375 e. The lowest BCUT2D eigenvalue weighted by Crippen LogP contribution is -2.55. The molecular weight excluding hydrogens is 454 g/mol. The van der Waals surface area contributed by atoms with Crippen molar-refractivity contribution in [2.75, 3.05) is 23.3 Å². The van der Waals surface area contributed by atoms with Gasteiger partial charge in [0.1, 0.15) is 0 Å². The number of fused-ring (bicyclic) bond motifs is 1. The Morgan fingerprint density at radius 3 is 2.78 bits per heavy atom. The average molecular weight is 476 g/mol. The number of hydrogen-bond donors (Lipinski definition) is 3. The van der Waals surface area contributed by atoms with Crippen LogP contribution in [0.15, 0.2) is 53.6 Å². The molecular formula is C22H22ClN3O5S. The van der Waals surface area contributed by atoms with Crippen molar-refractivity contribution in [1.29, 1.82) is 0 Å². The topological polar surface area (TPSA) is 110 Å². The van der Waals surface area contributed by atoms with Crippen LogP contribution in [0.1, 0.15) is 19.3 Å². The van der Waals surface area contributed by atoms with Gasteiger partial charge in [-0.15, -0.1) is 0 Å². The van der Waals surface area contributed by atoms with Crippen molar-refractivity contribution in [1.82, 2.24) is 4.98 Å². The van der Waals surface area contributed by atoms with Crippen molar-refractivity contribution in [3.8, 4) is 0 Å². The van der Waals surface area contributed by atoms with Crippen molar-refractivity contribution >= 4 is 49.8 Å². The van der Waals surface area contributed by atoms with Gasteiger partial charge in [0.25, 0.3) is 15.9 Å².